The molecular weight excluding hydrogens is 359 g/mol. The lowest BCUT2D eigenvalue weighted by Gasteiger charge is -2.16. The van der Waals surface area contributed by atoms with Gasteiger partial charge in [-0.3, -0.25) is 4.40 Å². The van der Waals surface area contributed by atoms with Crippen LogP contribution >= 0.6 is 0 Å². The fourth-order valence-corrected chi connectivity index (χ4v) is 3.30. The number of nitrogens with zero attached hydrogens (tertiary/aromatic N) is 4. The molecule has 0 radical (unpaired) electrons. The van der Waals surface area contributed by atoms with Gasteiger partial charge in [-0.25, -0.2) is 19.2 Å². The summed E-state index contributed by atoms with van der Waals surface area (Å²) in [5, 5.41) is 6.11. The van der Waals surface area contributed by atoms with Crippen LogP contribution in [0.1, 0.15) is 26.2 Å². The summed E-state index contributed by atoms with van der Waals surface area (Å²) < 4.78 is 16.2. The SMILES string of the molecule is CCCNc1cnc2nc(-c3cc(NC(=O)N4CCCC4)ccc3F)cn2c1. The van der Waals surface area contributed by atoms with Gasteiger partial charge in [0.05, 0.1) is 17.6 Å². The van der Waals surface area contributed by atoms with Crippen molar-refractivity contribution < 1.29 is 9.18 Å². The summed E-state index contributed by atoms with van der Waals surface area (Å²) in [4.78, 5) is 22.8. The number of rotatable bonds is 5. The van der Waals surface area contributed by atoms with E-state index in [1.54, 1.807) is 33.8 Å². The van der Waals surface area contributed by atoms with Gasteiger partial charge < -0.3 is 15.5 Å². The summed E-state index contributed by atoms with van der Waals surface area (Å²) in [6.07, 6.45) is 8.38. The lowest BCUT2D eigenvalue weighted by molar-refractivity contribution is 0.222. The Labute approximate surface area is 162 Å². The van der Waals surface area contributed by atoms with Crippen LogP contribution in [0.15, 0.2) is 36.8 Å². The van der Waals surface area contributed by atoms with Crippen LogP contribution in [-0.2, 0) is 0 Å². The topological polar surface area (TPSA) is 74.6 Å². The number of urea groups is 1. The first-order chi connectivity index (χ1) is 13.6. The average molecular weight is 382 g/mol. The first-order valence-corrected chi connectivity index (χ1v) is 9.58. The summed E-state index contributed by atoms with van der Waals surface area (Å²) in [7, 11) is 0. The molecule has 0 saturated carbocycles. The molecule has 1 aliphatic heterocycles. The smallest absolute Gasteiger partial charge is 0.321 e. The van der Waals surface area contributed by atoms with Gasteiger partial charge in [0.1, 0.15) is 5.82 Å². The van der Waals surface area contributed by atoms with Crippen molar-refractivity contribution in [2.45, 2.75) is 26.2 Å². The molecule has 1 aliphatic rings. The van der Waals surface area contributed by atoms with Gasteiger partial charge in [-0.2, -0.15) is 0 Å². The molecule has 3 heterocycles. The fourth-order valence-electron chi connectivity index (χ4n) is 3.30. The van der Waals surface area contributed by atoms with Gasteiger partial charge in [0.25, 0.3) is 0 Å². The van der Waals surface area contributed by atoms with Crippen molar-refractivity contribution in [3.05, 3.63) is 42.6 Å². The van der Waals surface area contributed by atoms with Crippen molar-refractivity contribution in [1.29, 1.82) is 0 Å². The van der Waals surface area contributed by atoms with Crippen molar-refractivity contribution in [2.75, 3.05) is 30.3 Å². The normalized spacial score (nSPS) is 13.9. The maximum absolute atomic E-state index is 14.5. The molecule has 0 atom stereocenters. The highest BCUT2D eigenvalue weighted by Gasteiger charge is 2.19. The molecule has 4 rings (SSSR count). The van der Waals surface area contributed by atoms with Gasteiger partial charge in [0.15, 0.2) is 0 Å². The number of carbonyl (C=O) groups excluding carboxylic acids is 1. The molecule has 0 aliphatic carbocycles. The average Bonchev–Trinajstić information content (AvgIpc) is 3.37. The van der Waals surface area contributed by atoms with Crippen LogP contribution in [-0.4, -0.2) is 44.9 Å². The Bertz CT molecular complexity index is 996. The highest BCUT2D eigenvalue weighted by atomic mass is 19.1. The van der Waals surface area contributed by atoms with Crippen LogP contribution in [0.5, 0.6) is 0 Å². The van der Waals surface area contributed by atoms with Crippen molar-refractivity contribution in [2.24, 2.45) is 0 Å². The highest BCUT2D eigenvalue weighted by Crippen LogP contribution is 2.26. The molecule has 3 aromatic rings. The number of nitrogens with one attached hydrogen (secondary N) is 2. The van der Waals surface area contributed by atoms with E-state index in [-0.39, 0.29) is 6.03 Å². The largest absolute Gasteiger partial charge is 0.383 e. The van der Waals surface area contributed by atoms with E-state index in [0.717, 1.165) is 44.6 Å². The number of carbonyl (C=O) groups is 1. The second kappa shape index (κ2) is 7.84. The van der Waals surface area contributed by atoms with Crippen LogP contribution in [0, 0.1) is 5.82 Å². The van der Waals surface area contributed by atoms with E-state index in [0.29, 0.717) is 22.7 Å². The summed E-state index contributed by atoms with van der Waals surface area (Å²) in [6, 6.07) is 4.37. The molecular formula is C20H23FN6O. The number of anilines is 2. The third-order valence-corrected chi connectivity index (χ3v) is 4.78. The predicted octanol–water partition coefficient (Wildman–Crippen LogP) is 3.99. The van der Waals surface area contributed by atoms with Crippen molar-refractivity contribution in [3.63, 3.8) is 0 Å². The number of fused-ring (bicyclic) bond motifs is 1. The maximum Gasteiger partial charge on any atom is 0.321 e. The number of imidazole rings is 1. The molecule has 8 heteroatoms. The van der Waals surface area contributed by atoms with Gasteiger partial charge in [0.2, 0.25) is 5.78 Å². The number of hydrogen-bond donors (Lipinski definition) is 2. The minimum Gasteiger partial charge on any atom is -0.383 e. The summed E-state index contributed by atoms with van der Waals surface area (Å²) in [5.74, 6) is 0.0925. The molecule has 1 aromatic carbocycles. The lowest BCUT2D eigenvalue weighted by Crippen LogP contribution is -2.32. The van der Waals surface area contributed by atoms with Gasteiger partial charge in [0, 0.05) is 43.3 Å². The Kier molecular flexibility index (Phi) is 5.10. The van der Waals surface area contributed by atoms with E-state index in [1.165, 1.54) is 6.07 Å². The molecule has 0 unspecified atom stereocenters. The summed E-state index contributed by atoms with van der Waals surface area (Å²) in [5.41, 5.74) is 2.22. The number of likely N-dealkylation sites (tertiary alicyclic amines) is 1. The van der Waals surface area contributed by atoms with Gasteiger partial charge in [-0.05, 0) is 37.5 Å². The molecule has 2 aromatic heterocycles. The predicted molar refractivity (Wildman–Crippen MR) is 107 cm³/mol. The second-order valence-corrected chi connectivity index (χ2v) is 6.92. The van der Waals surface area contributed by atoms with E-state index >= 15 is 0 Å². The van der Waals surface area contributed by atoms with Gasteiger partial charge >= 0.3 is 6.03 Å². The Balaban J connectivity index is 1.59. The standard InChI is InChI=1S/C20H23FN6O/c1-2-7-22-15-11-23-19-25-18(13-27(19)12-15)16-10-14(5-6-17(16)21)24-20(28)26-8-3-4-9-26/h5-6,10-13,22H,2-4,7-9H2,1H3,(H,24,28). The first-order valence-electron chi connectivity index (χ1n) is 9.58. The Morgan fingerprint density at radius 1 is 1.21 bits per heavy atom. The quantitative estimate of drug-likeness (QED) is 0.700. The number of hydrogen-bond acceptors (Lipinski definition) is 4. The Morgan fingerprint density at radius 3 is 2.82 bits per heavy atom. The van der Waals surface area contributed by atoms with Gasteiger partial charge in [-0.1, -0.05) is 6.92 Å². The van der Waals surface area contributed by atoms with Crippen molar-refractivity contribution in [1.82, 2.24) is 19.3 Å². The first kappa shape index (κ1) is 18.2. The Hall–Kier alpha value is -3.16. The molecule has 1 fully saturated rings. The number of aromatic nitrogens is 3. The zero-order chi connectivity index (χ0) is 19.5. The maximum atomic E-state index is 14.5. The molecule has 7 nitrogen and oxygen atoms in total. The summed E-state index contributed by atoms with van der Waals surface area (Å²) in [6.45, 7) is 4.45. The number of halogens is 1. The third-order valence-electron chi connectivity index (χ3n) is 4.78. The molecule has 1 saturated heterocycles. The van der Waals surface area contributed by atoms with Crippen molar-refractivity contribution >= 4 is 23.2 Å². The van der Waals surface area contributed by atoms with Crippen LogP contribution in [0.4, 0.5) is 20.6 Å². The van der Waals surface area contributed by atoms with Crippen LogP contribution in [0.3, 0.4) is 0 Å². The van der Waals surface area contributed by atoms with E-state index in [1.807, 2.05) is 6.20 Å². The van der Waals surface area contributed by atoms with Crippen molar-refractivity contribution in [3.8, 4) is 11.3 Å². The molecule has 146 valence electrons. The zero-order valence-electron chi connectivity index (χ0n) is 15.8. The third kappa shape index (κ3) is 3.76. The van der Waals surface area contributed by atoms with E-state index in [2.05, 4.69) is 27.5 Å². The van der Waals surface area contributed by atoms with Crippen LogP contribution in [0.25, 0.3) is 17.0 Å². The second-order valence-electron chi connectivity index (χ2n) is 6.92. The molecule has 0 spiro atoms. The van der Waals surface area contributed by atoms with Crippen LogP contribution in [0.2, 0.25) is 0 Å². The minimum atomic E-state index is -0.396. The number of benzene rings is 1. The minimum absolute atomic E-state index is 0.154. The Morgan fingerprint density at radius 2 is 2.04 bits per heavy atom. The molecule has 2 amide bonds. The van der Waals surface area contributed by atoms with Crippen LogP contribution < -0.4 is 10.6 Å². The lowest BCUT2D eigenvalue weighted by atomic mass is 10.1. The fraction of sp³-hybridized carbons (Fsp3) is 0.350. The van der Waals surface area contributed by atoms with E-state index in [4.69, 9.17) is 0 Å². The molecule has 2 N–H and O–H groups in total. The zero-order valence-corrected chi connectivity index (χ0v) is 15.8. The van der Waals surface area contributed by atoms with E-state index < -0.39 is 5.82 Å². The summed E-state index contributed by atoms with van der Waals surface area (Å²) >= 11 is 0. The van der Waals surface area contributed by atoms with Gasteiger partial charge in [-0.15, -0.1) is 0 Å². The molecule has 28 heavy (non-hydrogen) atoms. The molecule has 0 bridgehead atoms. The monoisotopic (exact) mass is 382 g/mol. The van der Waals surface area contributed by atoms with E-state index in [9.17, 15) is 9.18 Å². The highest BCUT2D eigenvalue weighted by molar-refractivity contribution is 5.90. The number of amides is 2.